The second-order valence-electron chi connectivity index (χ2n) is 7.75. The third-order valence-corrected chi connectivity index (χ3v) is 6.18. The lowest BCUT2D eigenvalue weighted by Gasteiger charge is -2.40. The number of carbonyl (C=O) groups excluding carboxylic acids is 3. The number of esters is 1. The van der Waals surface area contributed by atoms with Gasteiger partial charge in [-0.05, 0) is 38.3 Å². The minimum absolute atomic E-state index is 0.0230. The van der Waals surface area contributed by atoms with E-state index in [-0.39, 0.29) is 36.7 Å². The topological polar surface area (TPSA) is 71.9 Å². The standard InChI is InChI=1S/C22H29N3O4S/c1-5-29-20(27)7-6-19(26)24-10-9-23(14-16(24)4)21(28)18-12-17-8-11-30-22(17)25(18)13-15(2)3/h8,11-12,16H,2,5-7,9-10,13-14H2,1,3-4H3. The number of piperazine rings is 1. The number of amides is 2. The largest absolute Gasteiger partial charge is 0.466 e. The van der Waals surface area contributed by atoms with E-state index in [2.05, 4.69) is 6.58 Å². The third-order valence-electron chi connectivity index (χ3n) is 5.23. The molecule has 1 aliphatic rings. The van der Waals surface area contributed by atoms with Gasteiger partial charge in [-0.25, -0.2) is 0 Å². The number of thiophene rings is 1. The minimum atomic E-state index is -0.356. The fourth-order valence-electron chi connectivity index (χ4n) is 3.84. The number of hydrogen-bond acceptors (Lipinski definition) is 5. The first-order valence-electron chi connectivity index (χ1n) is 10.3. The lowest BCUT2D eigenvalue weighted by atomic mass is 10.1. The van der Waals surface area contributed by atoms with Crippen LogP contribution in [-0.4, -0.2) is 64.4 Å². The van der Waals surface area contributed by atoms with Crippen molar-refractivity contribution in [2.24, 2.45) is 0 Å². The monoisotopic (exact) mass is 431 g/mol. The van der Waals surface area contributed by atoms with Gasteiger partial charge in [0.2, 0.25) is 5.91 Å². The molecule has 1 fully saturated rings. The average molecular weight is 432 g/mol. The highest BCUT2D eigenvalue weighted by Gasteiger charge is 2.31. The van der Waals surface area contributed by atoms with E-state index in [1.54, 1.807) is 23.2 Å². The molecule has 1 saturated heterocycles. The molecule has 1 atom stereocenters. The first-order valence-corrected chi connectivity index (χ1v) is 11.1. The van der Waals surface area contributed by atoms with Crippen LogP contribution in [0.1, 0.15) is 44.1 Å². The molecule has 162 valence electrons. The molecular formula is C22H29N3O4S. The van der Waals surface area contributed by atoms with Crippen LogP contribution in [0, 0.1) is 0 Å². The number of ether oxygens (including phenoxy) is 1. The molecule has 2 amide bonds. The number of hydrogen-bond donors (Lipinski definition) is 0. The Morgan fingerprint density at radius 3 is 2.70 bits per heavy atom. The maximum Gasteiger partial charge on any atom is 0.306 e. The molecule has 0 bridgehead atoms. The van der Waals surface area contributed by atoms with Crippen LogP contribution in [0.5, 0.6) is 0 Å². The van der Waals surface area contributed by atoms with Gasteiger partial charge in [0.1, 0.15) is 10.5 Å². The molecule has 0 aliphatic carbocycles. The molecule has 0 N–H and O–H groups in total. The van der Waals surface area contributed by atoms with Crippen molar-refractivity contribution in [1.82, 2.24) is 14.4 Å². The van der Waals surface area contributed by atoms with Crippen molar-refractivity contribution >= 4 is 39.3 Å². The van der Waals surface area contributed by atoms with Crippen LogP contribution < -0.4 is 0 Å². The Labute approximate surface area is 180 Å². The summed E-state index contributed by atoms with van der Waals surface area (Å²) < 4.78 is 6.92. The highest BCUT2D eigenvalue weighted by atomic mass is 32.1. The Morgan fingerprint density at radius 1 is 1.27 bits per heavy atom. The van der Waals surface area contributed by atoms with E-state index in [1.807, 2.05) is 40.8 Å². The van der Waals surface area contributed by atoms with E-state index >= 15 is 0 Å². The Bertz CT molecular complexity index is 961. The summed E-state index contributed by atoms with van der Waals surface area (Å²) in [5.74, 6) is -0.454. The number of rotatable bonds is 7. The Kier molecular flexibility index (Phi) is 6.97. The normalized spacial score (nSPS) is 16.7. The van der Waals surface area contributed by atoms with Gasteiger partial charge in [-0.2, -0.15) is 0 Å². The van der Waals surface area contributed by atoms with Crippen LogP contribution in [0.2, 0.25) is 0 Å². The molecule has 7 nitrogen and oxygen atoms in total. The summed E-state index contributed by atoms with van der Waals surface area (Å²) in [7, 11) is 0. The molecular weight excluding hydrogens is 402 g/mol. The molecule has 3 heterocycles. The molecule has 8 heteroatoms. The zero-order valence-electron chi connectivity index (χ0n) is 17.8. The maximum absolute atomic E-state index is 13.3. The Balaban J connectivity index is 1.67. The minimum Gasteiger partial charge on any atom is -0.466 e. The van der Waals surface area contributed by atoms with Crippen molar-refractivity contribution < 1.29 is 19.1 Å². The summed E-state index contributed by atoms with van der Waals surface area (Å²) in [6.07, 6.45) is 0.221. The number of allylic oxidation sites excluding steroid dienone is 1. The molecule has 0 radical (unpaired) electrons. The van der Waals surface area contributed by atoms with E-state index in [0.29, 0.717) is 38.5 Å². The van der Waals surface area contributed by atoms with Crippen molar-refractivity contribution in [1.29, 1.82) is 0 Å². The van der Waals surface area contributed by atoms with Gasteiger partial charge in [-0.1, -0.05) is 12.2 Å². The summed E-state index contributed by atoms with van der Waals surface area (Å²) in [6, 6.07) is 3.86. The predicted octanol–water partition coefficient (Wildman–Crippen LogP) is 3.30. The quantitative estimate of drug-likeness (QED) is 0.498. The molecule has 0 saturated carbocycles. The summed E-state index contributed by atoms with van der Waals surface area (Å²) >= 11 is 1.62. The van der Waals surface area contributed by atoms with Gasteiger partial charge >= 0.3 is 5.97 Å². The van der Waals surface area contributed by atoms with Crippen LogP contribution in [0.15, 0.2) is 29.7 Å². The van der Waals surface area contributed by atoms with Crippen molar-refractivity contribution in [3.63, 3.8) is 0 Å². The van der Waals surface area contributed by atoms with Crippen LogP contribution in [0.3, 0.4) is 0 Å². The molecule has 30 heavy (non-hydrogen) atoms. The van der Waals surface area contributed by atoms with E-state index in [0.717, 1.165) is 15.8 Å². The average Bonchev–Trinajstić information content (AvgIpc) is 3.28. The first kappa shape index (κ1) is 22.1. The van der Waals surface area contributed by atoms with Gasteiger partial charge in [0, 0.05) is 44.0 Å². The second kappa shape index (κ2) is 9.47. The summed E-state index contributed by atoms with van der Waals surface area (Å²) in [5.41, 5.74) is 1.65. The fourth-order valence-corrected chi connectivity index (χ4v) is 4.74. The molecule has 0 spiro atoms. The third kappa shape index (κ3) is 4.75. The maximum atomic E-state index is 13.3. The zero-order valence-corrected chi connectivity index (χ0v) is 18.7. The van der Waals surface area contributed by atoms with Gasteiger partial charge in [0.05, 0.1) is 13.0 Å². The van der Waals surface area contributed by atoms with Crippen molar-refractivity contribution in [2.45, 2.75) is 46.2 Å². The van der Waals surface area contributed by atoms with E-state index in [1.165, 1.54) is 0 Å². The summed E-state index contributed by atoms with van der Waals surface area (Å²) in [6.45, 7) is 12.0. The lowest BCUT2D eigenvalue weighted by molar-refractivity contribution is -0.146. The van der Waals surface area contributed by atoms with Crippen LogP contribution in [0.25, 0.3) is 10.2 Å². The lowest BCUT2D eigenvalue weighted by Crippen LogP contribution is -2.55. The zero-order chi connectivity index (χ0) is 21.8. The first-order chi connectivity index (χ1) is 14.3. The van der Waals surface area contributed by atoms with Crippen molar-refractivity contribution in [3.05, 3.63) is 35.4 Å². The number of aromatic nitrogens is 1. The van der Waals surface area contributed by atoms with Crippen LogP contribution in [-0.2, 0) is 20.9 Å². The van der Waals surface area contributed by atoms with Crippen LogP contribution >= 0.6 is 11.3 Å². The predicted molar refractivity (Wildman–Crippen MR) is 118 cm³/mol. The van der Waals surface area contributed by atoms with Gasteiger partial charge in [0.15, 0.2) is 0 Å². The molecule has 2 aromatic heterocycles. The van der Waals surface area contributed by atoms with E-state index in [4.69, 9.17) is 4.74 Å². The van der Waals surface area contributed by atoms with Gasteiger partial charge in [-0.3, -0.25) is 14.4 Å². The molecule has 1 unspecified atom stereocenters. The van der Waals surface area contributed by atoms with Crippen molar-refractivity contribution in [3.8, 4) is 0 Å². The highest BCUT2D eigenvalue weighted by Crippen LogP contribution is 2.27. The second-order valence-corrected chi connectivity index (χ2v) is 8.64. The number of nitrogens with zero attached hydrogens (tertiary/aromatic N) is 3. The van der Waals surface area contributed by atoms with Gasteiger partial charge in [0.25, 0.3) is 5.91 Å². The van der Waals surface area contributed by atoms with Gasteiger partial charge in [-0.15, -0.1) is 11.3 Å². The smallest absolute Gasteiger partial charge is 0.306 e. The molecule has 0 aromatic carbocycles. The number of carbonyl (C=O) groups is 3. The SMILES string of the molecule is C=C(C)Cn1c(C(=O)N2CCN(C(=O)CCC(=O)OCC)C(C)C2)cc2ccsc21. The van der Waals surface area contributed by atoms with Crippen LogP contribution in [0.4, 0.5) is 0 Å². The molecule has 2 aromatic rings. The highest BCUT2D eigenvalue weighted by molar-refractivity contribution is 7.16. The molecule has 3 rings (SSSR count). The van der Waals surface area contributed by atoms with E-state index < -0.39 is 0 Å². The Hall–Kier alpha value is -2.61. The molecule has 1 aliphatic heterocycles. The van der Waals surface area contributed by atoms with Gasteiger partial charge < -0.3 is 19.1 Å². The Morgan fingerprint density at radius 2 is 2.03 bits per heavy atom. The van der Waals surface area contributed by atoms with E-state index in [9.17, 15) is 14.4 Å². The fraction of sp³-hybridized carbons (Fsp3) is 0.500. The van der Waals surface area contributed by atoms with Crippen molar-refractivity contribution in [2.75, 3.05) is 26.2 Å². The summed E-state index contributed by atoms with van der Waals surface area (Å²) in [5, 5.41) is 3.08. The summed E-state index contributed by atoms with van der Waals surface area (Å²) in [4.78, 5) is 42.0. The number of fused-ring (bicyclic) bond motifs is 1.